The Morgan fingerprint density at radius 2 is 1.80 bits per heavy atom. The number of rotatable bonds is 5. The van der Waals surface area contributed by atoms with Crippen LogP contribution in [0.3, 0.4) is 0 Å². The number of aromatic nitrogens is 3. The molecule has 0 unspecified atom stereocenters. The fourth-order valence-electron chi connectivity index (χ4n) is 4.05. The third-order valence-electron chi connectivity index (χ3n) is 5.42. The van der Waals surface area contributed by atoms with Gasteiger partial charge in [-0.3, -0.25) is 4.57 Å². The molecule has 25 heavy (non-hydrogen) atoms. The van der Waals surface area contributed by atoms with Gasteiger partial charge in [0.1, 0.15) is 0 Å². The SMILES string of the molecule is CCn1c(-c2ccc(C)s2)nnc1N1CCC(OC2CCCC2)CC1. The Hall–Kier alpha value is -1.40. The minimum atomic E-state index is 0.428. The van der Waals surface area contributed by atoms with E-state index in [9.17, 15) is 0 Å². The third-order valence-corrected chi connectivity index (χ3v) is 6.42. The van der Waals surface area contributed by atoms with Gasteiger partial charge in [-0.15, -0.1) is 21.5 Å². The zero-order valence-corrected chi connectivity index (χ0v) is 16.1. The summed E-state index contributed by atoms with van der Waals surface area (Å²) in [5.41, 5.74) is 0. The number of nitrogens with zero attached hydrogens (tertiary/aromatic N) is 4. The first-order valence-corrected chi connectivity index (χ1v) is 10.5. The Morgan fingerprint density at radius 1 is 1.08 bits per heavy atom. The van der Waals surface area contributed by atoms with E-state index in [1.54, 1.807) is 11.3 Å². The predicted octanol–water partition coefficient (Wildman–Crippen LogP) is 4.26. The van der Waals surface area contributed by atoms with Gasteiger partial charge in [0.15, 0.2) is 5.82 Å². The van der Waals surface area contributed by atoms with Crippen LogP contribution in [-0.2, 0) is 11.3 Å². The number of hydrogen-bond acceptors (Lipinski definition) is 5. The quantitative estimate of drug-likeness (QED) is 0.799. The highest BCUT2D eigenvalue weighted by atomic mass is 32.1. The maximum Gasteiger partial charge on any atom is 0.227 e. The average Bonchev–Trinajstić information content (AvgIpc) is 3.35. The van der Waals surface area contributed by atoms with Crippen molar-refractivity contribution in [3.63, 3.8) is 0 Å². The first-order chi connectivity index (χ1) is 12.2. The summed E-state index contributed by atoms with van der Waals surface area (Å²) in [7, 11) is 0. The maximum absolute atomic E-state index is 6.30. The number of ether oxygens (including phenoxy) is 1. The molecule has 0 radical (unpaired) electrons. The minimum absolute atomic E-state index is 0.428. The summed E-state index contributed by atoms with van der Waals surface area (Å²) in [6.45, 7) is 7.23. The summed E-state index contributed by atoms with van der Waals surface area (Å²) in [6, 6.07) is 4.31. The molecule has 2 aliphatic rings. The van der Waals surface area contributed by atoms with Gasteiger partial charge in [0.2, 0.25) is 5.95 Å². The van der Waals surface area contributed by atoms with Gasteiger partial charge in [-0.1, -0.05) is 12.8 Å². The van der Waals surface area contributed by atoms with Crippen LogP contribution in [0.5, 0.6) is 0 Å². The van der Waals surface area contributed by atoms with Crippen molar-refractivity contribution < 1.29 is 4.74 Å². The Kier molecular flexibility index (Phi) is 5.08. The molecular formula is C19H28N4OS. The fourth-order valence-corrected chi connectivity index (χ4v) is 4.91. The summed E-state index contributed by atoms with van der Waals surface area (Å²) in [4.78, 5) is 4.90. The highest BCUT2D eigenvalue weighted by Gasteiger charge is 2.27. The molecule has 0 spiro atoms. The van der Waals surface area contributed by atoms with Gasteiger partial charge in [-0.2, -0.15) is 0 Å². The molecule has 2 aromatic rings. The van der Waals surface area contributed by atoms with E-state index >= 15 is 0 Å². The van der Waals surface area contributed by atoms with Crippen LogP contribution < -0.4 is 4.90 Å². The normalized spacial score (nSPS) is 19.8. The highest BCUT2D eigenvalue weighted by Crippen LogP contribution is 2.31. The smallest absolute Gasteiger partial charge is 0.227 e. The second-order valence-corrected chi connectivity index (χ2v) is 8.50. The van der Waals surface area contributed by atoms with Gasteiger partial charge < -0.3 is 9.64 Å². The molecular weight excluding hydrogens is 332 g/mol. The fraction of sp³-hybridized carbons (Fsp3) is 0.684. The lowest BCUT2D eigenvalue weighted by Crippen LogP contribution is -2.39. The molecule has 1 aliphatic heterocycles. The number of hydrogen-bond donors (Lipinski definition) is 0. The maximum atomic E-state index is 6.30. The summed E-state index contributed by atoms with van der Waals surface area (Å²) < 4.78 is 8.56. The molecule has 0 atom stereocenters. The van der Waals surface area contributed by atoms with E-state index in [-0.39, 0.29) is 0 Å². The Labute approximate surface area is 154 Å². The lowest BCUT2D eigenvalue weighted by Gasteiger charge is -2.33. The van der Waals surface area contributed by atoms with Gasteiger partial charge in [0.05, 0.1) is 17.1 Å². The van der Waals surface area contributed by atoms with Gasteiger partial charge in [-0.25, -0.2) is 0 Å². The molecule has 0 bridgehead atoms. The molecule has 3 heterocycles. The summed E-state index contributed by atoms with van der Waals surface area (Å²) in [5.74, 6) is 2.02. The summed E-state index contributed by atoms with van der Waals surface area (Å²) in [5, 5.41) is 9.03. The van der Waals surface area contributed by atoms with Crippen LogP contribution in [0.25, 0.3) is 10.7 Å². The molecule has 0 amide bonds. The van der Waals surface area contributed by atoms with Crippen LogP contribution in [-0.4, -0.2) is 40.1 Å². The lowest BCUT2D eigenvalue weighted by atomic mass is 10.1. The molecule has 136 valence electrons. The van der Waals surface area contributed by atoms with E-state index in [1.165, 1.54) is 35.4 Å². The number of anilines is 1. The molecule has 0 aromatic carbocycles. The van der Waals surface area contributed by atoms with E-state index in [1.807, 2.05) is 0 Å². The Morgan fingerprint density at radius 3 is 2.44 bits per heavy atom. The Bertz CT molecular complexity index is 696. The summed E-state index contributed by atoms with van der Waals surface area (Å²) in [6.07, 6.45) is 8.34. The second kappa shape index (κ2) is 7.46. The molecule has 1 aliphatic carbocycles. The molecule has 4 rings (SSSR count). The van der Waals surface area contributed by atoms with E-state index in [2.05, 4.69) is 45.6 Å². The molecule has 1 saturated heterocycles. The molecule has 2 fully saturated rings. The number of thiophene rings is 1. The van der Waals surface area contributed by atoms with Crippen molar-refractivity contribution in [1.29, 1.82) is 0 Å². The lowest BCUT2D eigenvalue weighted by molar-refractivity contribution is -0.0196. The van der Waals surface area contributed by atoms with Crippen LogP contribution in [0.2, 0.25) is 0 Å². The van der Waals surface area contributed by atoms with Crippen molar-refractivity contribution in [1.82, 2.24) is 14.8 Å². The van der Waals surface area contributed by atoms with Crippen molar-refractivity contribution in [3.05, 3.63) is 17.0 Å². The van der Waals surface area contributed by atoms with Gasteiger partial charge in [0, 0.05) is 24.5 Å². The van der Waals surface area contributed by atoms with Gasteiger partial charge in [0.25, 0.3) is 0 Å². The van der Waals surface area contributed by atoms with Crippen molar-refractivity contribution in [2.45, 2.75) is 71.1 Å². The summed E-state index contributed by atoms with van der Waals surface area (Å²) >= 11 is 1.79. The highest BCUT2D eigenvalue weighted by molar-refractivity contribution is 7.15. The van der Waals surface area contributed by atoms with Gasteiger partial charge >= 0.3 is 0 Å². The standard InChI is InChI=1S/C19H28N4OS/c1-3-23-18(17-9-8-14(2)25-17)20-21-19(23)22-12-10-16(11-13-22)24-15-6-4-5-7-15/h8-9,15-16H,3-7,10-13H2,1-2H3. The first-order valence-electron chi connectivity index (χ1n) is 9.65. The molecule has 5 nitrogen and oxygen atoms in total. The number of piperidine rings is 1. The van der Waals surface area contributed by atoms with Crippen molar-refractivity contribution in [2.75, 3.05) is 18.0 Å². The van der Waals surface area contributed by atoms with Crippen LogP contribution >= 0.6 is 11.3 Å². The van der Waals surface area contributed by atoms with E-state index < -0.39 is 0 Å². The third kappa shape index (κ3) is 3.60. The average molecular weight is 361 g/mol. The molecule has 1 saturated carbocycles. The van der Waals surface area contributed by atoms with Gasteiger partial charge in [-0.05, 0) is 51.7 Å². The van der Waals surface area contributed by atoms with Crippen molar-refractivity contribution >= 4 is 17.3 Å². The predicted molar refractivity (Wildman–Crippen MR) is 102 cm³/mol. The van der Waals surface area contributed by atoms with E-state index in [0.29, 0.717) is 12.2 Å². The zero-order chi connectivity index (χ0) is 17.2. The molecule has 2 aromatic heterocycles. The van der Waals surface area contributed by atoms with Crippen LogP contribution in [0.15, 0.2) is 12.1 Å². The second-order valence-electron chi connectivity index (χ2n) is 7.21. The van der Waals surface area contributed by atoms with E-state index in [4.69, 9.17) is 4.74 Å². The molecule has 6 heteroatoms. The number of aryl methyl sites for hydroxylation is 1. The Balaban J connectivity index is 1.43. The monoisotopic (exact) mass is 360 g/mol. The zero-order valence-electron chi connectivity index (χ0n) is 15.3. The van der Waals surface area contributed by atoms with Crippen LogP contribution in [0.4, 0.5) is 5.95 Å². The van der Waals surface area contributed by atoms with Crippen molar-refractivity contribution in [2.24, 2.45) is 0 Å². The largest absolute Gasteiger partial charge is 0.375 e. The minimum Gasteiger partial charge on any atom is -0.375 e. The molecule has 0 N–H and O–H groups in total. The van der Waals surface area contributed by atoms with Crippen LogP contribution in [0.1, 0.15) is 50.3 Å². The first kappa shape index (κ1) is 17.0. The van der Waals surface area contributed by atoms with Crippen molar-refractivity contribution in [3.8, 4) is 10.7 Å². The van der Waals surface area contributed by atoms with E-state index in [0.717, 1.165) is 44.2 Å². The van der Waals surface area contributed by atoms with Crippen LogP contribution in [0, 0.1) is 6.92 Å². The topological polar surface area (TPSA) is 43.2 Å².